The highest BCUT2D eigenvalue weighted by Crippen LogP contribution is 2.51. The van der Waals surface area contributed by atoms with Crippen molar-refractivity contribution in [2.75, 3.05) is 6.66 Å². The van der Waals surface area contributed by atoms with E-state index in [2.05, 4.69) is 6.66 Å². The smallest absolute Gasteiger partial charge is 0.123 e. The summed E-state index contributed by atoms with van der Waals surface area (Å²) in [6.07, 6.45) is 0. The Labute approximate surface area is 150 Å². The van der Waals surface area contributed by atoms with Gasteiger partial charge in [0.2, 0.25) is 0 Å². The van der Waals surface area contributed by atoms with Gasteiger partial charge in [0, 0.05) is 0 Å². The molecule has 5 heteroatoms. The lowest BCUT2D eigenvalue weighted by Gasteiger charge is -2.23. The van der Waals surface area contributed by atoms with Crippen molar-refractivity contribution in [3.05, 3.63) is 90.2 Å². The molecular formula is C19H15BrF3P. The lowest BCUT2D eigenvalue weighted by atomic mass is 10.3. The minimum atomic E-state index is -2.09. The number of halogens is 4. The van der Waals surface area contributed by atoms with Crippen LogP contribution in [0.5, 0.6) is 0 Å². The predicted molar refractivity (Wildman–Crippen MR) is 90.9 cm³/mol. The van der Waals surface area contributed by atoms with E-state index < -0.39 is 7.26 Å². The van der Waals surface area contributed by atoms with Crippen LogP contribution in [0.4, 0.5) is 13.2 Å². The molecule has 0 unspecified atom stereocenters. The molecule has 0 amide bonds. The Kier molecular flexibility index (Phi) is 5.84. The molecule has 3 rings (SSSR count). The van der Waals surface area contributed by atoms with Crippen molar-refractivity contribution in [1.29, 1.82) is 0 Å². The molecule has 0 aliphatic rings. The van der Waals surface area contributed by atoms with Crippen LogP contribution in [-0.2, 0) is 0 Å². The van der Waals surface area contributed by atoms with E-state index in [-0.39, 0.29) is 34.4 Å². The van der Waals surface area contributed by atoms with Crippen LogP contribution in [0.1, 0.15) is 0 Å². The second-order valence-corrected chi connectivity index (χ2v) is 9.00. The van der Waals surface area contributed by atoms with Gasteiger partial charge in [0.15, 0.2) is 0 Å². The summed E-state index contributed by atoms with van der Waals surface area (Å²) in [6, 6.07) is 19.0. The van der Waals surface area contributed by atoms with Crippen molar-refractivity contribution in [3.63, 3.8) is 0 Å². The monoisotopic (exact) mass is 410 g/mol. The maximum Gasteiger partial charge on any atom is 0.123 e. The zero-order valence-electron chi connectivity index (χ0n) is 12.9. The number of hydrogen-bond acceptors (Lipinski definition) is 0. The Balaban J connectivity index is 0.00000208. The lowest BCUT2D eigenvalue weighted by Crippen LogP contribution is -3.00. The highest BCUT2D eigenvalue weighted by Gasteiger charge is 2.40. The quantitative estimate of drug-likeness (QED) is 0.566. The summed E-state index contributed by atoms with van der Waals surface area (Å²) in [5.74, 6) is -0.921. The molecule has 0 saturated heterocycles. The van der Waals surface area contributed by atoms with E-state index in [1.54, 1.807) is 36.4 Å². The molecule has 0 spiro atoms. The summed E-state index contributed by atoms with van der Waals surface area (Å²) in [5.41, 5.74) is 0. The molecule has 0 aromatic heterocycles. The summed E-state index contributed by atoms with van der Waals surface area (Å²) >= 11 is 0. The number of hydrogen-bond donors (Lipinski definition) is 0. The Hall–Kier alpha value is -1.64. The third kappa shape index (κ3) is 3.55. The van der Waals surface area contributed by atoms with Gasteiger partial charge in [-0.25, -0.2) is 13.2 Å². The standard InChI is InChI=1S/C19H15F3P.BrH/c1-23(17-8-2-14(20)3-9-17,18-10-4-15(21)5-11-18)19-12-6-16(22)7-13-19;/h2-13H,1H3;1H/q+1;/p-1. The van der Waals surface area contributed by atoms with Crippen LogP contribution < -0.4 is 32.9 Å². The van der Waals surface area contributed by atoms with E-state index in [0.29, 0.717) is 0 Å². The van der Waals surface area contributed by atoms with Gasteiger partial charge in [0.25, 0.3) is 0 Å². The minimum Gasteiger partial charge on any atom is -1.00 e. The predicted octanol–water partition coefficient (Wildman–Crippen LogP) is 1.03. The average Bonchev–Trinajstić information content (AvgIpc) is 2.56. The van der Waals surface area contributed by atoms with Crippen LogP contribution >= 0.6 is 7.26 Å². The molecule has 0 radical (unpaired) electrons. The zero-order valence-corrected chi connectivity index (χ0v) is 15.4. The third-order valence-corrected chi connectivity index (χ3v) is 8.02. The second-order valence-electron chi connectivity index (χ2n) is 5.44. The molecule has 3 aromatic rings. The van der Waals surface area contributed by atoms with Gasteiger partial charge in [-0.3, -0.25) is 0 Å². The Morgan fingerprint density at radius 3 is 0.917 bits per heavy atom. The average molecular weight is 411 g/mol. The first kappa shape index (κ1) is 18.7. The van der Waals surface area contributed by atoms with Gasteiger partial charge in [0.1, 0.15) is 40.6 Å². The van der Waals surface area contributed by atoms with Crippen LogP contribution in [-0.4, -0.2) is 6.66 Å². The zero-order chi connectivity index (χ0) is 16.4. The number of benzene rings is 3. The van der Waals surface area contributed by atoms with Crippen molar-refractivity contribution in [3.8, 4) is 0 Å². The topological polar surface area (TPSA) is 0 Å². The van der Waals surface area contributed by atoms with Crippen LogP contribution in [0.25, 0.3) is 0 Å². The molecule has 0 aliphatic heterocycles. The van der Waals surface area contributed by atoms with Crippen LogP contribution in [0.15, 0.2) is 72.8 Å². The van der Waals surface area contributed by atoms with E-state index in [1.165, 1.54) is 36.4 Å². The molecule has 0 fully saturated rings. The molecule has 0 nitrogen and oxygen atoms in total. The molecule has 3 aromatic carbocycles. The normalized spacial score (nSPS) is 11.0. The van der Waals surface area contributed by atoms with E-state index >= 15 is 0 Å². The SMILES string of the molecule is C[P+](c1ccc(F)cc1)(c1ccc(F)cc1)c1ccc(F)cc1.[Br-]. The summed E-state index contributed by atoms with van der Waals surface area (Å²) in [7, 11) is -2.09. The summed E-state index contributed by atoms with van der Waals surface area (Å²) in [6.45, 7) is 2.07. The van der Waals surface area contributed by atoms with Gasteiger partial charge in [-0.15, -0.1) is 0 Å². The van der Waals surface area contributed by atoms with Gasteiger partial charge < -0.3 is 17.0 Å². The van der Waals surface area contributed by atoms with Gasteiger partial charge in [-0.2, -0.15) is 0 Å². The van der Waals surface area contributed by atoms with Crippen LogP contribution in [0.3, 0.4) is 0 Å². The first-order valence-electron chi connectivity index (χ1n) is 7.15. The summed E-state index contributed by atoms with van der Waals surface area (Å²) in [4.78, 5) is 0. The number of rotatable bonds is 3. The molecule has 0 saturated carbocycles. The Bertz CT molecular complexity index is 689. The van der Waals surface area contributed by atoms with Crippen LogP contribution in [0, 0.1) is 17.5 Å². The van der Waals surface area contributed by atoms with Crippen molar-refractivity contribution >= 4 is 23.2 Å². The fourth-order valence-corrected chi connectivity index (χ4v) is 5.80. The van der Waals surface area contributed by atoms with Gasteiger partial charge in [-0.05, 0) is 72.8 Å². The lowest BCUT2D eigenvalue weighted by molar-refractivity contribution is -0.00000637. The Morgan fingerprint density at radius 2 is 0.708 bits per heavy atom. The van der Waals surface area contributed by atoms with E-state index in [0.717, 1.165) is 15.9 Å². The Morgan fingerprint density at radius 1 is 0.500 bits per heavy atom. The van der Waals surface area contributed by atoms with Gasteiger partial charge >= 0.3 is 0 Å². The van der Waals surface area contributed by atoms with Crippen molar-refractivity contribution in [2.24, 2.45) is 0 Å². The second kappa shape index (κ2) is 7.50. The largest absolute Gasteiger partial charge is 1.00 e. The molecule has 124 valence electrons. The van der Waals surface area contributed by atoms with Gasteiger partial charge in [-0.1, -0.05) is 0 Å². The van der Waals surface area contributed by atoms with Crippen molar-refractivity contribution in [2.45, 2.75) is 0 Å². The highest BCUT2D eigenvalue weighted by atomic mass is 79.9. The summed E-state index contributed by atoms with van der Waals surface area (Å²) < 4.78 is 39.9. The molecular weight excluding hydrogens is 396 g/mol. The first-order chi connectivity index (χ1) is 11.0. The molecule has 0 heterocycles. The van der Waals surface area contributed by atoms with E-state index in [4.69, 9.17) is 0 Å². The maximum absolute atomic E-state index is 13.3. The molecule has 0 atom stereocenters. The minimum absolute atomic E-state index is 0. The molecule has 0 bridgehead atoms. The van der Waals surface area contributed by atoms with Crippen molar-refractivity contribution in [1.82, 2.24) is 0 Å². The highest BCUT2D eigenvalue weighted by molar-refractivity contribution is 7.95. The fraction of sp³-hybridized carbons (Fsp3) is 0.0526. The van der Waals surface area contributed by atoms with E-state index in [1.807, 2.05) is 0 Å². The molecule has 0 aliphatic carbocycles. The molecule has 24 heavy (non-hydrogen) atoms. The van der Waals surface area contributed by atoms with Gasteiger partial charge in [0.05, 0.1) is 6.66 Å². The summed E-state index contributed by atoms with van der Waals surface area (Å²) in [5, 5.41) is 2.87. The first-order valence-corrected chi connectivity index (χ1v) is 9.39. The van der Waals surface area contributed by atoms with Crippen molar-refractivity contribution < 1.29 is 30.2 Å². The maximum atomic E-state index is 13.3. The van der Waals surface area contributed by atoms with Crippen LogP contribution in [0.2, 0.25) is 0 Å². The molecule has 0 N–H and O–H groups in total. The third-order valence-electron chi connectivity index (χ3n) is 4.03. The van der Waals surface area contributed by atoms with E-state index in [9.17, 15) is 13.2 Å². The fourth-order valence-electron chi connectivity index (χ4n) is 2.66.